The van der Waals surface area contributed by atoms with Gasteiger partial charge < -0.3 is 38.9 Å². The number of rotatable bonds is 15. The topological polar surface area (TPSA) is 95.0 Å². The number of alkyl halides is 6. The first-order chi connectivity index (χ1) is 36.1. The van der Waals surface area contributed by atoms with Crippen molar-refractivity contribution in [2.75, 3.05) is 74.0 Å². The highest BCUT2D eigenvalue weighted by atomic mass is 35.5. The fourth-order valence-corrected chi connectivity index (χ4v) is 11.0. The SMILES string of the molecule is CN(C)C[C@H](Oc1ccc(C(F)(F)F)cc1)[C@H]1CCCN(C(=O)OC(C)(C)C)C1.CN(C)C[C@H](Oc1ccc(C(F)(F)F)cc1)[C@H]1CCCN(CC2(c3ccc(Cl)cc3)CCC2)C1.O=C(O)C1(c2ccc(Cl)cc2)CCC1. The van der Waals surface area contributed by atoms with Gasteiger partial charge in [0.15, 0.2) is 0 Å². The molecule has 2 heterocycles. The van der Waals surface area contributed by atoms with Crippen LogP contribution in [0.2, 0.25) is 10.0 Å². The Morgan fingerprint density at radius 2 is 1.05 bits per heavy atom. The lowest BCUT2D eigenvalue weighted by Gasteiger charge is -2.48. The molecule has 4 fully saturated rings. The first-order valence-electron chi connectivity index (χ1n) is 26.6. The second-order valence-electron chi connectivity index (χ2n) is 22.7. The smallest absolute Gasteiger partial charge is 0.416 e. The lowest BCUT2D eigenvalue weighted by Crippen LogP contribution is -2.51. The Morgan fingerprint density at radius 1 is 0.623 bits per heavy atom. The van der Waals surface area contributed by atoms with Crippen LogP contribution in [-0.4, -0.2) is 129 Å². The third kappa shape index (κ3) is 17.6. The molecule has 18 heteroatoms. The minimum Gasteiger partial charge on any atom is -0.489 e. The van der Waals surface area contributed by atoms with Gasteiger partial charge >= 0.3 is 24.4 Å². The third-order valence-electron chi connectivity index (χ3n) is 15.0. The van der Waals surface area contributed by atoms with Crippen molar-refractivity contribution in [2.24, 2.45) is 11.8 Å². The number of ether oxygens (including phenoxy) is 3. The van der Waals surface area contributed by atoms with Gasteiger partial charge in [-0.25, -0.2) is 4.79 Å². The number of amides is 1. The monoisotopic (exact) mass is 1120 g/mol. The number of carbonyl (C=O) groups is 2. The molecular weight excluding hydrogens is 1050 g/mol. The van der Waals surface area contributed by atoms with Crippen LogP contribution in [0.15, 0.2) is 97.1 Å². The fourth-order valence-electron chi connectivity index (χ4n) is 10.7. The van der Waals surface area contributed by atoms with Gasteiger partial charge in [-0.1, -0.05) is 60.3 Å². The second kappa shape index (κ2) is 26.5. The molecule has 10 nitrogen and oxygen atoms in total. The van der Waals surface area contributed by atoms with E-state index in [0.29, 0.717) is 42.1 Å². The van der Waals surface area contributed by atoms with Crippen LogP contribution in [0.5, 0.6) is 11.5 Å². The number of halogens is 8. The third-order valence-corrected chi connectivity index (χ3v) is 15.5. The maximum Gasteiger partial charge on any atom is 0.416 e. The normalized spacial score (nSPS) is 20.2. The van der Waals surface area contributed by atoms with Gasteiger partial charge in [0.2, 0.25) is 0 Å². The molecular formula is C59H76Cl2F6N4O6. The van der Waals surface area contributed by atoms with E-state index >= 15 is 0 Å². The summed E-state index contributed by atoms with van der Waals surface area (Å²) in [7, 11) is 7.84. The average molecular weight is 1120 g/mol. The van der Waals surface area contributed by atoms with Crippen LogP contribution < -0.4 is 9.47 Å². The van der Waals surface area contributed by atoms with Crippen LogP contribution in [0.1, 0.15) is 107 Å². The summed E-state index contributed by atoms with van der Waals surface area (Å²) in [6, 6.07) is 25.3. The van der Waals surface area contributed by atoms with Crippen LogP contribution in [0.3, 0.4) is 0 Å². The van der Waals surface area contributed by atoms with Crippen molar-refractivity contribution >= 4 is 35.3 Å². The number of carboxylic acids is 1. The Morgan fingerprint density at radius 3 is 1.43 bits per heavy atom. The van der Waals surface area contributed by atoms with Crippen LogP contribution in [0, 0.1) is 11.8 Å². The fraction of sp³-hybridized carbons (Fsp3) is 0.559. The molecule has 0 radical (unpaired) electrons. The molecule has 1 amide bonds. The van der Waals surface area contributed by atoms with Crippen LogP contribution in [0.25, 0.3) is 0 Å². The van der Waals surface area contributed by atoms with E-state index in [1.54, 1.807) is 17.0 Å². The molecule has 2 saturated carbocycles. The van der Waals surface area contributed by atoms with Crippen molar-refractivity contribution in [3.8, 4) is 11.5 Å². The number of carbonyl (C=O) groups excluding carboxylic acids is 1. The van der Waals surface area contributed by atoms with Gasteiger partial charge in [-0.15, -0.1) is 0 Å². The number of piperidine rings is 2. The highest BCUT2D eigenvalue weighted by Gasteiger charge is 2.46. The molecule has 4 aromatic rings. The summed E-state index contributed by atoms with van der Waals surface area (Å²) >= 11 is 11.9. The Bertz CT molecular complexity index is 2480. The van der Waals surface area contributed by atoms with Crippen molar-refractivity contribution in [1.82, 2.24) is 19.6 Å². The second-order valence-corrected chi connectivity index (χ2v) is 23.6. The zero-order valence-electron chi connectivity index (χ0n) is 45.4. The average Bonchev–Trinajstić information content (AvgIpc) is 3.33. The molecule has 424 valence electrons. The molecule has 0 aromatic heterocycles. The van der Waals surface area contributed by atoms with Crippen LogP contribution in [0.4, 0.5) is 31.1 Å². The minimum absolute atomic E-state index is 0.0564. The molecule has 4 aliphatic rings. The molecule has 0 spiro atoms. The summed E-state index contributed by atoms with van der Waals surface area (Å²) in [6.07, 6.45) is 0.565. The number of hydrogen-bond acceptors (Lipinski definition) is 8. The summed E-state index contributed by atoms with van der Waals surface area (Å²) in [5, 5.41) is 10.6. The molecule has 0 bridgehead atoms. The zero-order chi connectivity index (χ0) is 56.3. The van der Waals surface area contributed by atoms with Gasteiger partial charge in [-0.05, 0) is 191 Å². The number of likely N-dealkylation sites (tertiary alicyclic amines) is 2. The molecule has 2 aliphatic carbocycles. The largest absolute Gasteiger partial charge is 0.489 e. The number of aliphatic carboxylic acids is 1. The van der Waals surface area contributed by atoms with Gasteiger partial charge in [0.1, 0.15) is 29.3 Å². The highest BCUT2D eigenvalue weighted by Crippen LogP contribution is 2.46. The summed E-state index contributed by atoms with van der Waals surface area (Å²) in [5.74, 6) is 0.542. The van der Waals surface area contributed by atoms with Gasteiger partial charge in [-0.2, -0.15) is 26.3 Å². The number of carboxylic acid groups (broad SMARTS) is 1. The first-order valence-corrected chi connectivity index (χ1v) is 27.3. The van der Waals surface area contributed by atoms with Crippen molar-refractivity contribution in [2.45, 2.75) is 126 Å². The van der Waals surface area contributed by atoms with E-state index in [1.165, 1.54) is 49.1 Å². The maximum absolute atomic E-state index is 12.9. The lowest BCUT2D eigenvalue weighted by molar-refractivity contribution is -0.147. The molecule has 4 atom stereocenters. The predicted molar refractivity (Wildman–Crippen MR) is 290 cm³/mol. The Balaban J connectivity index is 0.000000202. The van der Waals surface area contributed by atoms with Gasteiger partial charge in [0, 0.05) is 66.6 Å². The van der Waals surface area contributed by atoms with E-state index in [-0.39, 0.29) is 29.6 Å². The molecule has 2 aliphatic heterocycles. The highest BCUT2D eigenvalue weighted by molar-refractivity contribution is 6.30. The molecule has 1 N–H and O–H groups in total. The van der Waals surface area contributed by atoms with Crippen LogP contribution in [-0.2, 0) is 32.7 Å². The molecule has 8 rings (SSSR count). The van der Waals surface area contributed by atoms with Crippen molar-refractivity contribution < 1.29 is 55.2 Å². The molecule has 4 aromatic carbocycles. The standard InChI is InChI=1S/C27H34ClF3N2O.C21H31F3N2O3.C11H11ClO2/c1-32(2)18-25(34-24-12-8-22(9-13-24)27(29,30)31)20-5-3-16-33(17-20)19-26(14-4-15-26)21-6-10-23(28)11-7-21;1-20(2,3)29-19(27)26-12-6-7-15(13-26)18(14-25(4)5)28-17-10-8-16(9-11-17)21(22,23)24;12-9-4-2-8(3-5-9)11(10(13)14)6-1-7-11/h6-13,20,25H,3-5,14-19H2,1-2H3;8-11,15,18H,6-7,12-14H2,1-5H3;2-5H,1,6-7H2,(H,13,14)/t20-,25-;15-,18-;/m00./s1. The first kappa shape index (κ1) is 61.5. The molecule has 2 saturated heterocycles. The van der Waals surface area contributed by atoms with Crippen LogP contribution >= 0.6 is 23.2 Å². The summed E-state index contributed by atoms with van der Waals surface area (Å²) in [4.78, 5) is 31.9. The van der Waals surface area contributed by atoms with Gasteiger partial charge in [-0.3, -0.25) is 4.79 Å². The maximum atomic E-state index is 12.9. The number of hydrogen-bond donors (Lipinski definition) is 1. The van der Waals surface area contributed by atoms with Crippen molar-refractivity contribution in [3.05, 3.63) is 129 Å². The Labute approximate surface area is 460 Å². The minimum atomic E-state index is -4.38. The molecule has 0 unspecified atom stereocenters. The van der Waals surface area contributed by atoms with E-state index in [4.69, 9.17) is 37.4 Å². The number of nitrogens with zero attached hydrogens (tertiary/aromatic N) is 4. The number of benzene rings is 4. The van der Waals surface area contributed by atoms with Gasteiger partial charge in [0.25, 0.3) is 0 Å². The van der Waals surface area contributed by atoms with Gasteiger partial charge in [0.05, 0.1) is 16.5 Å². The zero-order valence-corrected chi connectivity index (χ0v) is 46.9. The van der Waals surface area contributed by atoms with E-state index < -0.39 is 40.5 Å². The van der Waals surface area contributed by atoms with E-state index in [2.05, 4.69) is 21.9 Å². The predicted octanol–water partition coefficient (Wildman–Crippen LogP) is 14.0. The summed E-state index contributed by atoms with van der Waals surface area (Å²) in [5.41, 5.74) is -0.118. The van der Waals surface area contributed by atoms with Crippen molar-refractivity contribution in [3.63, 3.8) is 0 Å². The summed E-state index contributed by atoms with van der Waals surface area (Å²) < 4.78 is 95.0. The Kier molecular flexibility index (Phi) is 21.1. The van der Waals surface area contributed by atoms with Crippen molar-refractivity contribution in [1.29, 1.82) is 0 Å². The van der Waals surface area contributed by atoms with E-state index in [0.717, 1.165) is 106 Å². The summed E-state index contributed by atoms with van der Waals surface area (Å²) in [6.45, 7) is 11.0. The lowest BCUT2D eigenvalue weighted by atomic mass is 9.64. The van der Waals surface area contributed by atoms with E-state index in [9.17, 15) is 41.0 Å². The van der Waals surface area contributed by atoms with E-state index in [1.807, 2.05) is 78.1 Å². The Hall–Kier alpha value is -4.74. The quantitative estimate of drug-likeness (QED) is 0.117. The molecule has 77 heavy (non-hydrogen) atoms. The number of likely N-dealkylation sites (N-methyl/N-ethyl adjacent to an activating group) is 2.